The molecule has 0 aliphatic carbocycles. The lowest BCUT2D eigenvalue weighted by atomic mass is 10.2. The molecule has 6 nitrogen and oxygen atoms in total. The van der Waals surface area contributed by atoms with Crippen LogP contribution in [0.3, 0.4) is 0 Å². The van der Waals surface area contributed by atoms with Crippen molar-refractivity contribution in [2.24, 2.45) is 0 Å². The van der Waals surface area contributed by atoms with Crippen LogP contribution in [0.1, 0.15) is 30.2 Å². The Morgan fingerprint density at radius 2 is 1.88 bits per heavy atom. The lowest BCUT2D eigenvalue weighted by Gasteiger charge is -2.36. The minimum Gasteiger partial charge on any atom is -0.368 e. The maximum absolute atomic E-state index is 12.9. The van der Waals surface area contributed by atoms with E-state index >= 15 is 0 Å². The van der Waals surface area contributed by atoms with E-state index in [0.717, 1.165) is 23.8 Å². The van der Waals surface area contributed by atoms with E-state index < -0.39 is 0 Å². The second-order valence-corrected chi connectivity index (χ2v) is 7.18. The van der Waals surface area contributed by atoms with Crippen LogP contribution in [0.5, 0.6) is 0 Å². The van der Waals surface area contributed by atoms with Crippen molar-refractivity contribution < 1.29 is 4.79 Å². The fraction of sp³-hybridized carbons (Fsp3) is 0.421. The van der Waals surface area contributed by atoms with Gasteiger partial charge in [0.2, 0.25) is 0 Å². The summed E-state index contributed by atoms with van der Waals surface area (Å²) >= 11 is 6.08. The average Bonchev–Trinajstić information content (AvgIpc) is 2.60. The second kappa shape index (κ2) is 7.91. The Balaban J connectivity index is 1.68. The fourth-order valence-electron chi connectivity index (χ4n) is 3.05. The van der Waals surface area contributed by atoms with Crippen LogP contribution in [0.2, 0.25) is 5.02 Å². The Hall–Kier alpha value is -2.34. The standard InChI is InChI=1S/C19H24ClN5O/c1-13(2)21-18-12-17(22-14(3)23-18)19(26)25-9-7-24(8-10-25)16-6-4-5-15(20)11-16/h4-6,11-13H,7-10H2,1-3H3,(H,21,22,23). The normalized spacial score (nSPS) is 14.7. The Morgan fingerprint density at radius 1 is 1.15 bits per heavy atom. The Bertz CT molecular complexity index is 787. The van der Waals surface area contributed by atoms with Crippen molar-refractivity contribution in [2.75, 3.05) is 36.4 Å². The molecule has 0 spiro atoms. The molecule has 7 heteroatoms. The molecular formula is C19H24ClN5O. The van der Waals surface area contributed by atoms with E-state index in [-0.39, 0.29) is 11.9 Å². The first kappa shape index (κ1) is 18.5. The second-order valence-electron chi connectivity index (χ2n) is 6.74. The van der Waals surface area contributed by atoms with Gasteiger partial charge in [0, 0.05) is 49.0 Å². The lowest BCUT2D eigenvalue weighted by molar-refractivity contribution is 0.0740. The zero-order chi connectivity index (χ0) is 18.7. The highest BCUT2D eigenvalue weighted by Gasteiger charge is 2.24. The van der Waals surface area contributed by atoms with Gasteiger partial charge in [-0.05, 0) is 39.0 Å². The molecule has 2 heterocycles. The topological polar surface area (TPSA) is 61.4 Å². The number of carbonyl (C=O) groups excluding carboxylic acids is 1. The molecule has 1 amide bonds. The highest BCUT2D eigenvalue weighted by molar-refractivity contribution is 6.30. The zero-order valence-corrected chi connectivity index (χ0v) is 16.1. The number of halogens is 1. The van der Waals surface area contributed by atoms with Gasteiger partial charge < -0.3 is 15.1 Å². The van der Waals surface area contributed by atoms with E-state index in [1.807, 2.05) is 43.0 Å². The molecule has 0 bridgehead atoms. The number of piperazine rings is 1. The quantitative estimate of drug-likeness (QED) is 0.891. The van der Waals surface area contributed by atoms with Gasteiger partial charge in [0.15, 0.2) is 0 Å². The fourth-order valence-corrected chi connectivity index (χ4v) is 3.23. The maximum atomic E-state index is 12.9. The SMILES string of the molecule is Cc1nc(NC(C)C)cc(C(=O)N2CCN(c3cccc(Cl)c3)CC2)n1. The Morgan fingerprint density at radius 3 is 2.54 bits per heavy atom. The third kappa shape index (κ3) is 4.43. The molecule has 0 unspecified atom stereocenters. The molecule has 1 aliphatic heterocycles. The van der Waals surface area contributed by atoms with Crippen molar-refractivity contribution >= 4 is 29.0 Å². The molecule has 1 N–H and O–H groups in total. The van der Waals surface area contributed by atoms with Crippen molar-refractivity contribution in [3.8, 4) is 0 Å². The third-order valence-electron chi connectivity index (χ3n) is 4.23. The van der Waals surface area contributed by atoms with Gasteiger partial charge in [-0.2, -0.15) is 0 Å². The molecule has 2 aromatic rings. The Kier molecular flexibility index (Phi) is 5.61. The summed E-state index contributed by atoms with van der Waals surface area (Å²) in [5, 5.41) is 3.96. The molecule has 1 fully saturated rings. The average molecular weight is 374 g/mol. The van der Waals surface area contributed by atoms with Gasteiger partial charge in [0.1, 0.15) is 17.3 Å². The first-order chi connectivity index (χ1) is 12.4. The number of hydrogen-bond donors (Lipinski definition) is 1. The first-order valence-electron chi connectivity index (χ1n) is 8.84. The van der Waals surface area contributed by atoms with E-state index in [4.69, 9.17) is 11.6 Å². The molecule has 0 radical (unpaired) electrons. The van der Waals surface area contributed by atoms with E-state index in [1.165, 1.54) is 0 Å². The number of rotatable bonds is 4. The van der Waals surface area contributed by atoms with Crippen LogP contribution in [0.25, 0.3) is 0 Å². The molecule has 0 atom stereocenters. The number of benzene rings is 1. The summed E-state index contributed by atoms with van der Waals surface area (Å²) in [6.07, 6.45) is 0. The lowest BCUT2D eigenvalue weighted by Crippen LogP contribution is -2.49. The van der Waals surface area contributed by atoms with Crippen molar-refractivity contribution in [2.45, 2.75) is 26.8 Å². The minimum absolute atomic E-state index is 0.0481. The summed E-state index contributed by atoms with van der Waals surface area (Å²) in [7, 11) is 0. The molecule has 3 rings (SSSR count). The van der Waals surface area contributed by atoms with Crippen LogP contribution in [-0.2, 0) is 0 Å². The minimum atomic E-state index is -0.0481. The van der Waals surface area contributed by atoms with Crippen molar-refractivity contribution in [3.05, 3.63) is 46.9 Å². The number of nitrogens with one attached hydrogen (secondary N) is 1. The maximum Gasteiger partial charge on any atom is 0.272 e. The van der Waals surface area contributed by atoms with E-state index in [2.05, 4.69) is 20.2 Å². The summed E-state index contributed by atoms with van der Waals surface area (Å²) in [5.41, 5.74) is 1.53. The van der Waals surface area contributed by atoms with E-state index in [0.29, 0.717) is 30.4 Å². The molecule has 138 valence electrons. The van der Waals surface area contributed by atoms with Crippen molar-refractivity contribution in [1.29, 1.82) is 0 Å². The molecule has 0 saturated carbocycles. The highest BCUT2D eigenvalue weighted by atomic mass is 35.5. The monoisotopic (exact) mass is 373 g/mol. The largest absolute Gasteiger partial charge is 0.368 e. The molecule has 1 aliphatic rings. The van der Waals surface area contributed by atoms with Gasteiger partial charge in [-0.15, -0.1) is 0 Å². The van der Waals surface area contributed by atoms with Crippen molar-refractivity contribution in [3.63, 3.8) is 0 Å². The summed E-state index contributed by atoms with van der Waals surface area (Å²) < 4.78 is 0. The number of carbonyl (C=O) groups is 1. The predicted octanol–water partition coefficient (Wildman–Crippen LogP) is 3.22. The third-order valence-corrected chi connectivity index (χ3v) is 4.47. The number of hydrogen-bond acceptors (Lipinski definition) is 5. The van der Waals surface area contributed by atoms with Crippen LogP contribution < -0.4 is 10.2 Å². The highest BCUT2D eigenvalue weighted by Crippen LogP contribution is 2.21. The molecule has 1 aromatic carbocycles. The summed E-state index contributed by atoms with van der Waals surface area (Å²) in [6.45, 7) is 8.73. The smallest absolute Gasteiger partial charge is 0.272 e. The number of aryl methyl sites for hydroxylation is 1. The van der Waals surface area contributed by atoms with Crippen LogP contribution in [0, 0.1) is 6.92 Å². The number of amides is 1. The zero-order valence-electron chi connectivity index (χ0n) is 15.4. The van der Waals surface area contributed by atoms with Crippen molar-refractivity contribution in [1.82, 2.24) is 14.9 Å². The number of aromatic nitrogens is 2. The number of anilines is 2. The first-order valence-corrected chi connectivity index (χ1v) is 9.22. The van der Waals surface area contributed by atoms with E-state index in [1.54, 1.807) is 13.0 Å². The summed E-state index contributed by atoms with van der Waals surface area (Å²) in [6, 6.07) is 9.79. The molecule has 1 aromatic heterocycles. The van der Waals surface area contributed by atoms with Gasteiger partial charge in [-0.25, -0.2) is 9.97 Å². The van der Waals surface area contributed by atoms with Crippen LogP contribution in [0.4, 0.5) is 11.5 Å². The van der Waals surface area contributed by atoms with Gasteiger partial charge in [-0.1, -0.05) is 17.7 Å². The van der Waals surface area contributed by atoms with Crippen LogP contribution >= 0.6 is 11.6 Å². The van der Waals surface area contributed by atoms with Gasteiger partial charge in [0.05, 0.1) is 0 Å². The number of nitrogens with zero attached hydrogens (tertiary/aromatic N) is 4. The molecular weight excluding hydrogens is 350 g/mol. The van der Waals surface area contributed by atoms with Crippen LogP contribution in [-0.4, -0.2) is 53.0 Å². The van der Waals surface area contributed by atoms with Crippen LogP contribution in [0.15, 0.2) is 30.3 Å². The van der Waals surface area contributed by atoms with Gasteiger partial charge in [-0.3, -0.25) is 4.79 Å². The molecule has 26 heavy (non-hydrogen) atoms. The Labute approximate surface area is 159 Å². The summed E-state index contributed by atoms with van der Waals surface area (Å²) in [4.78, 5) is 25.6. The van der Waals surface area contributed by atoms with E-state index in [9.17, 15) is 4.79 Å². The molecule has 1 saturated heterocycles. The summed E-state index contributed by atoms with van der Waals surface area (Å²) in [5.74, 6) is 1.23. The van der Waals surface area contributed by atoms with Gasteiger partial charge in [0.25, 0.3) is 5.91 Å². The van der Waals surface area contributed by atoms with Gasteiger partial charge >= 0.3 is 0 Å². The predicted molar refractivity (Wildman–Crippen MR) is 105 cm³/mol.